The lowest BCUT2D eigenvalue weighted by Crippen LogP contribution is -2.30. The molecule has 0 radical (unpaired) electrons. The van der Waals surface area contributed by atoms with Gasteiger partial charge in [0.2, 0.25) is 5.91 Å². The molecule has 1 aromatic rings. The molecule has 1 aromatic heterocycles. The molecular weight excluding hydrogens is 270 g/mol. The second kappa shape index (κ2) is 5.52. The lowest BCUT2D eigenvalue weighted by Gasteiger charge is -2.14. The SMILES string of the molecule is CC1CC(C(=O)O)C(C(=O)Nc2cc(Cl)ncn2)C1. The van der Waals surface area contributed by atoms with Crippen LogP contribution in [0, 0.1) is 17.8 Å². The highest BCUT2D eigenvalue weighted by Crippen LogP contribution is 2.37. The van der Waals surface area contributed by atoms with Crippen LogP contribution in [-0.4, -0.2) is 27.0 Å². The van der Waals surface area contributed by atoms with E-state index in [2.05, 4.69) is 15.3 Å². The summed E-state index contributed by atoms with van der Waals surface area (Å²) in [6.45, 7) is 1.95. The van der Waals surface area contributed by atoms with Gasteiger partial charge in [-0.3, -0.25) is 9.59 Å². The van der Waals surface area contributed by atoms with E-state index in [1.807, 2.05) is 6.92 Å². The number of hydrogen-bond donors (Lipinski definition) is 2. The summed E-state index contributed by atoms with van der Waals surface area (Å²) in [5, 5.41) is 11.9. The maximum absolute atomic E-state index is 12.1. The highest BCUT2D eigenvalue weighted by molar-refractivity contribution is 6.29. The number of aromatic nitrogens is 2. The molecule has 1 fully saturated rings. The second-order valence-electron chi connectivity index (χ2n) is 4.84. The molecular formula is C12H14ClN3O3. The summed E-state index contributed by atoms with van der Waals surface area (Å²) in [5.74, 6) is -1.90. The minimum absolute atomic E-state index is 0.222. The van der Waals surface area contributed by atoms with Crippen molar-refractivity contribution >= 4 is 29.3 Å². The lowest BCUT2D eigenvalue weighted by atomic mass is 9.95. The quantitative estimate of drug-likeness (QED) is 0.826. The van der Waals surface area contributed by atoms with Gasteiger partial charge in [-0.05, 0) is 18.8 Å². The largest absolute Gasteiger partial charge is 0.481 e. The van der Waals surface area contributed by atoms with Crippen LogP contribution in [0.25, 0.3) is 0 Å². The van der Waals surface area contributed by atoms with Gasteiger partial charge in [0.25, 0.3) is 0 Å². The normalized spacial score (nSPS) is 26.1. The van der Waals surface area contributed by atoms with Gasteiger partial charge in [0, 0.05) is 6.07 Å². The number of halogens is 1. The van der Waals surface area contributed by atoms with Crippen molar-refractivity contribution in [2.75, 3.05) is 5.32 Å². The Morgan fingerprint density at radius 2 is 2.05 bits per heavy atom. The van der Waals surface area contributed by atoms with Crippen LogP contribution in [0.4, 0.5) is 5.82 Å². The first-order chi connectivity index (χ1) is 8.97. The predicted octanol–water partition coefficient (Wildman–Crippen LogP) is 1.82. The smallest absolute Gasteiger partial charge is 0.307 e. The molecule has 0 aromatic carbocycles. The highest BCUT2D eigenvalue weighted by Gasteiger charge is 2.41. The fourth-order valence-electron chi connectivity index (χ4n) is 2.48. The van der Waals surface area contributed by atoms with Crippen LogP contribution in [0.3, 0.4) is 0 Å². The molecule has 1 aliphatic carbocycles. The number of carboxylic acid groups (broad SMARTS) is 1. The number of anilines is 1. The number of hydrogen-bond acceptors (Lipinski definition) is 4. The van der Waals surface area contributed by atoms with Crippen molar-refractivity contribution in [3.8, 4) is 0 Å². The number of carboxylic acids is 1. The molecule has 3 unspecified atom stereocenters. The molecule has 19 heavy (non-hydrogen) atoms. The maximum Gasteiger partial charge on any atom is 0.307 e. The molecule has 0 saturated heterocycles. The standard InChI is InChI=1S/C12H14ClN3O3/c1-6-2-7(8(3-6)12(18)19)11(17)16-10-4-9(13)14-5-15-10/h4-8H,2-3H2,1H3,(H,18,19)(H,14,15,16,17). The number of amides is 1. The molecule has 1 heterocycles. The van der Waals surface area contributed by atoms with Gasteiger partial charge in [-0.25, -0.2) is 9.97 Å². The Hall–Kier alpha value is -1.69. The van der Waals surface area contributed by atoms with E-state index in [0.717, 1.165) is 0 Å². The maximum atomic E-state index is 12.1. The van der Waals surface area contributed by atoms with Crippen molar-refractivity contribution in [1.29, 1.82) is 0 Å². The van der Waals surface area contributed by atoms with Crippen molar-refractivity contribution in [3.05, 3.63) is 17.5 Å². The zero-order valence-electron chi connectivity index (χ0n) is 10.3. The summed E-state index contributed by atoms with van der Waals surface area (Å²) in [7, 11) is 0. The number of rotatable bonds is 3. The Morgan fingerprint density at radius 1 is 1.37 bits per heavy atom. The lowest BCUT2D eigenvalue weighted by molar-refractivity contribution is -0.145. The number of nitrogens with zero attached hydrogens (tertiary/aromatic N) is 2. The van der Waals surface area contributed by atoms with Crippen molar-refractivity contribution in [1.82, 2.24) is 9.97 Å². The molecule has 3 atom stereocenters. The third kappa shape index (κ3) is 3.20. The third-order valence-corrected chi connectivity index (χ3v) is 3.54. The number of carbonyl (C=O) groups excluding carboxylic acids is 1. The van der Waals surface area contributed by atoms with Gasteiger partial charge in [0.05, 0.1) is 11.8 Å². The number of nitrogens with one attached hydrogen (secondary N) is 1. The van der Waals surface area contributed by atoms with E-state index in [1.54, 1.807) is 0 Å². The molecule has 7 heteroatoms. The molecule has 2 N–H and O–H groups in total. The van der Waals surface area contributed by atoms with Crippen LogP contribution in [0.2, 0.25) is 5.15 Å². The topological polar surface area (TPSA) is 92.2 Å². The van der Waals surface area contributed by atoms with Gasteiger partial charge in [-0.2, -0.15) is 0 Å². The molecule has 0 bridgehead atoms. The fourth-order valence-corrected chi connectivity index (χ4v) is 2.62. The summed E-state index contributed by atoms with van der Waals surface area (Å²) >= 11 is 5.69. The molecule has 6 nitrogen and oxygen atoms in total. The first-order valence-electron chi connectivity index (χ1n) is 5.98. The Balaban J connectivity index is 2.09. The summed E-state index contributed by atoms with van der Waals surface area (Å²) in [6.07, 6.45) is 2.34. The zero-order valence-corrected chi connectivity index (χ0v) is 11.1. The van der Waals surface area contributed by atoms with Gasteiger partial charge >= 0.3 is 5.97 Å². The monoisotopic (exact) mass is 283 g/mol. The predicted molar refractivity (Wildman–Crippen MR) is 68.7 cm³/mol. The van der Waals surface area contributed by atoms with Crippen molar-refractivity contribution < 1.29 is 14.7 Å². The summed E-state index contributed by atoms with van der Waals surface area (Å²) in [5.41, 5.74) is 0. The van der Waals surface area contributed by atoms with Gasteiger partial charge in [0.1, 0.15) is 17.3 Å². The van der Waals surface area contributed by atoms with Crippen molar-refractivity contribution in [3.63, 3.8) is 0 Å². The summed E-state index contributed by atoms with van der Waals surface area (Å²) in [6, 6.07) is 1.42. The molecule has 102 valence electrons. The van der Waals surface area contributed by atoms with Crippen LogP contribution in [0.1, 0.15) is 19.8 Å². The van der Waals surface area contributed by atoms with Crippen LogP contribution in [0.15, 0.2) is 12.4 Å². The Kier molecular flexibility index (Phi) is 3.99. The van der Waals surface area contributed by atoms with E-state index in [9.17, 15) is 9.59 Å². The Bertz CT molecular complexity index is 509. The van der Waals surface area contributed by atoms with Gasteiger partial charge in [-0.15, -0.1) is 0 Å². The van der Waals surface area contributed by atoms with E-state index in [-0.39, 0.29) is 22.8 Å². The van der Waals surface area contributed by atoms with E-state index in [1.165, 1.54) is 12.4 Å². The fraction of sp³-hybridized carbons (Fsp3) is 0.500. The van der Waals surface area contributed by atoms with Crippen LogP contribution >= 0.6 is 11.6 Å². The molecule has 2 rings (SSSR count). The van der Waals surface area contributed by atoms with Crippen LogP contribution in [-0.2, 0) is 9.59 Å². The van der Waals surface area contributed by atoms with Gasteiger partial charge in [0.15, 0.2) is 0 Å². The second-order valence-corrected chi connectivity index (χ2v) is 5.23. The number of aliphatic carboxylic acids is 1. The minimum atomic E-state index is -0.926. The average molecular weight is 284 g/mol. The van der Waals surface area contributed by atoms with E-state index in [4.69, 9.17) is 16.7 Å². The molecule has 1 aliphatic rings. The average Bonchev–Trinajstić information content (AvgIpc) is 2.71. The van der Waals surface area contributed by atoms with E-state index >= 15 is 0 Å². The van der Waals surface area contributed by atoms with Crippen molar-refractivity contribution in [2.45, 2.75) is 19.8 Å². The molecule has 1 amide bonds. The highest BCUT2D eigenvalue weighted by atomic mass is 35.5. The molecule has 0 aliphatic heterocycles. The van der Waals surface area contributed by atoms with Crippen molar-refractivity contribution in [2.24, 2.45) is 17.8 Å². The third-order valence-electron chi connectivity index (χ3n) is 3.34. The molecule has 0 spiro atoms. The Morgan fingerprint density at radius 3 is 2.68 bits per heavy atom. The molecule has 1 saturated carbocycles. The van der Waals surface area contributed by atoms with Crippen LogP contribution < -0.4 is 5.32 Å². The van der Waals surface area contributed by atoms with Crippen LogP contribution in [0.5, 0.6) is 0 Å². The Labute approximate surface area is 115 Å². The van der Waals surface area contributed by atoms with Gasteiger partial charge < -0.3 is 10.4 Å². The van der Waals surface area contributed by atoms with E-state index < -0.39 is 17.8 Å². The minimum Gasteiger partial charge on any atom is -0.481 e. The summed E-state index contributed by atoms with van der Waals surface area (Å²) in [4.78, 5) is 30.8. The zero-order chi connectivity index (χ0) is 14.0. The summed E-state index contributed by atoms with van der Waals surface area (Å²) < 4.78 is 0. The first kappa shape index (κ1) is 13.7. The van der Waals surface area contributed by atoms with Gasteiger partial charge in [-0.1, -0.05) is 18.5 Å². The van der Waals surface area contributed by atoms with E-state index in [0.29, 0.717) is 12.8 Å². The number of carbonyl (C=O) groups is 2. The first-order valence-corrected chi connectivity index (χ1v) is 6.36.